The van der Waals surface area contributed by atoms with Crippen LogP contribution in [0.2, 0.25) is 0 Å². The standard InChI is InChI=1S/C18H17N3O2S/c1-2-23-18(22)16-9-13-15(24-16)6-4-8-21-17(13)14(11-20-21)12-5-3-7-19-10-12/h3,5,7,9-11H,2,4,6,8H2,1H3. The van der Waals surface area contributed by atoms with Crippen molar-refractivity contribution < 1.29 is 9.53 Å². The molecule has 0 saturated heterocycles. The number of pyridine rings is 1. The summed E-state index contributed by atoms with van der Waals surface area (Å²) in [6.45, 7) is 3.10. The number of carbonyl (C=O) groups excluding carboxylic acids is 1. The van der Waals surface area contributed by atoms with Crippen molar-refractivity contribution in [2.75, 3.05) is 6.61 Å². The van der Waals surface area contributed by atoms with E-state index in [4.69, 9.17) is 4.74 Å². The van der Waals surface area contributed by atoms with E-state index < -0.39 is 0 Å². The van der Waals surface area contributed by atoms with Crippen LogP contribution in [0.5, 0.6) is 0 Å². The Morgan fingerprint density at radius 2 is 2.29 bits per heavy atom. The van der Waals surface area contributed by atoms with E-state index in [1.165, 1.54) is 16.2 Å². The second-order valence-corrected chi connectivity index (χ2v) is 6.78. The van der Waals surface area contributed by atoms with E-state index in [1.807, 2.05) is 42.2 Å². The van der Waals surface area contributed by atoms with Crippen LogP contribution in [0, 0.1) is 0 Å². The van der Waals surface area contributed by atoms with Crippen molar-refractivity contribution in [2.24, 2.45) is 0 Å². The monoisotopic (exact) mass is 339 g/mol. The fourth-order valence-corrected chi connectivity index (χ4v) is 4.18. The number of aryl methyl sites for hydroxylation is 2. The minimum Gasteiger partial charge on any atom is -0.462 e. The van der Waals surface area contributed by atoms with Gasteiger partial charge in [-0.25, -0.2) is 4.79 Å². The molecule has 122 valence electrons. The van der Waals surface area contributed by atoms with Gasteiger partial charge in [0.05, 0.1) is 18.5 Å². The van der Waals surface area contributed by atoms with E-state index in [-0.39, 0.29) is 5.97 Å². The van der Waals surface area contributed by atoms with E-state index >= 15 is 0 Å². The quantitative estimate of drug-likeness (QED) is 0.681. The fourth-order valence-electron chi connectivity index (χ4n) is 3.08. The van der Waals surface area contributed by atoms with Gasteiger partial charge in [0.15, 0.2) is 0 Å². The molecule has 0 unspecified atom stereocenters. The molecular formula is C18H17N3O2S. The lowest BCUT2D eigenvalue weighted by Crippen LogP contribution is -2.02. The lowest BCUT2D eigenvalue weighted by Gasteiger charge is -2.06. The maximum absolute atomic E-state index is 12.1. The third-order valence-electron chi connectivity index (χ3n) is 4.13. The van der Waals surface area contributed by atoms with Crippen molar-refractivity contribution >= 4 is 17.3 Å². The highest BCUT2D eigenvalue weighted by Gasteiger charge is 2.24. The Morgan fingerprint density at radius 1 is 1.38 bits per heavy atom. The second-order valence-electron chi connectivity index (χ2n) is 5.64. The van der Waals surface area contributed by atoms with Crippen LogP contribution in [0.15, 0.2) is 36.8 Å². The van der Waals surface area contributed by atoms with Gasteiger partial charge < -0.3 is 4.74 Å². The minimum absolute atomic E-state index is 0.246. The van der Waals surface area contributed by atoms with Gasteiger partial charge in [0.2, 0.25) is 0 Å². The molecule has 0 N–H and O–H groups in total. The summed E-state index contributed by atoms with van der Waals surface area (Å²) in [5.41, 5.74) is 4.26. The number of carbonyl (C=O) groups is 1. The van der Waals surface area contributed by atoms with Gasteiger partial charge in [-0.2, -0.15) is 5.10 Å². The summed E-state index contributed by atoms with van der Waals surface area (Å²) >= 11 is 1.54. The molecule has 0 bridgehead atoms. The lowest BCUT2D eigenvalue weighted by atomic mass is 10.0. The Balaban J connectivity index is 1.86. The molecule has 6 heteroatoms. The van der Waals surface area contributed by atoms with Crippen LogP contribution in [0.1, 0.15) is 27.9 Å². The molecule has 0 amide bonds. The topological polar surface area (TPSA) is 57.0 Å². The Morgan fingerprint density at radius 3 is 3.08 bits per heavy atom. The van der Waals surface area contributed by atoms with Crippen molar-refractivity contribution in [1.82, 2.24) is 14.8 Å². The van der Waals surface area contributed by atoms with Gasteiger partial charge in [-0.05, 0) is 31.9 Å². The first-order valence-corrected chi connectivity index (χ1v) is 8.86. The maximum Gasteiger partial charge on any atom is 0.348 e. The summed E-state index contributed by atoms with van der Waals surface area (Å²) in [5, 5.41) is 4.56. The van der Waals surface area contributed by atoms with Crippen molar-refractivity contribution in [2.45, 2.75) is 26.3 Å². The summed E-state index contributed by atoms with van der Waals surface area (Å²) in [7, 11) is 0. The number of aromatic nitrogens is 3. The van der Waals surface area contributed by atoms with Crippen LogP contribution in [0.3, 0.4) is 0 Å². The van der Waals surface area contributed by atoms with Gasteiger partial charge in [0, 0.05) is 40.5 Å². The molecule has 0 aliphatic carbocycles. The lowest BCUT2D eigenvalue weighted by molar-refractivity contribution is 0.0532. The number of thiophene rings is 1. The van der Waals surface area contributed by atoms with Gasteiger partial charge in [0.25, 0.3) is 0 Å². The molecule has 4 rings (SSSR count). The largest absolute Gasteiger partial charge is 0.462 e. The molecule has 5 nitrogen and oxygen atoms in total. The third kappa shape index (κ3) is 2.53. The van der Waals surface area contributed by atoms with Crippen molar-refractivity contribution in [3.63, 3.8) is 0 Å². The first-order valence-electron chi connectivity index (χ1n) is 8.04. The minimum atomic E-state index is -0.246. The van der Waals surface area contributed by atoms with Crippen molar-refractivity contribution in [3.05, 3.63) is 46.5 Å². The predicted molar refractivity (Wildman–Crippen MR) is 93.0 cm³/mol. The smallest absolute Gasteiger partial charge is 0.348 e. The van der Waals surface area contributed by atoms with E-state index in [0.717, 1.165) is 41.8 Å². The van der Waals surface area contributed by atoms with Gasteiger partial charge in [-0.3, -0.25) is 9.67 Å². The zero-order valence-corrected chi connectivity index (χ0v) is 14.2. The highest BCUT2D eigenvalue weighted by molar-refractivity contribution is 7.14. The number of nitrogens with zero attached hydrogens (tertiary/aromatic N) is 3. The number of hydrogen-bond acceptors (Lipinski definition) is 5. The van der Waals surface area contributed by atoms with Gasteiger partial charge in [-0.15, -0.1) is 11.3 Å². The normalized spacial score (nSPS) is 13.0. The van der Waals surface area contributed by atoms with Gasteiger partial charge in [0.1, 0.15) is 4.88 Å². The van der Waals surface area contributed by atoms with E-state index in [2.05, 4.69) is 10.1 Å². The number of rotatable bonds is 3. The molecule has 0 saturated carbocycles. The van der Waals surface area contributed by atoms with E-state index in [9.17, 15) is 4.79 Å². The average molecular weight is 339 g/mol. The summed E-state index contributed by atoms with van der Waals surface area (Å²) in [6, 6.07) is 5.92. The molecule has 0 spiro atoms. The second kappa shape index (κ2) is 6.20. The van der Waals surface area contributed by atoms with Crippen LogP contribution in [0.4, 0.5) is 0 Å². The molecule has 4 heterocycles. The highest BCUT2D eigenvalue weighted by Crippen LogP contribution is 2.40. The van der Waals surface area contributed by atoms with Crippen LogP contribution >= 0.6 is 11.3 Å². The molecule has 24 heavy (non-hydrogen) atoms. The summed E-state index contributed by atoms with van der Waals surface area (Å²) < 4.78 is 7.20. The molecule has 3 aromatic heterocycles. The average Bonchev–Trinajstić information content (AvgIpc) is 3.17. The van der Waals surface area contributed by atoms with E-state index in [1.54, 1.807) is 6.20 Å². The fraction of sp³-hybridized carbons (Fsp3) is 0.278. The Labute approximate surface area is 143 Å². The Bertz CT molecular complexity index is 883. The molecule has 0 radical (unpaired) electrons. The Hall–Kier alpha value is -2.47. The number of esters is 1. The molecule has 0 atom stereocenters. The first-order chi connectivity index (χ1) is 11.8. The molecule has 1 aliphatic rings. The van der Waals surface area contributed by atoms with Crippen LogP contribution in [0.25, 0.3) is 22.4 Å². The van der Waals surface area contributed by atoms with Crippen molar-refractivity contribution in [1.29, 1.82) is 0 Å². The van der Waals surface area contributed by atoms with Gasteiger partial charge >= 0.3 is 5.97 Å². The summed E-state index contributed by atoms with van der Waals surface area (Å²) in [4.78, 5) is 18.2. The summed E-state index contributed by atoms with van der Waals surface area (Å²) in [5.74, 6) is -0.246. The molecule has 0 fully saturated rings. The molecule has 0 aromatic carbocycles. The predicted octanol–water partition coefficient (Wildman–Crippen LogP) is 3.80. The highest BCUT2D eigenvalue weighted by atomic mass is 32.1. The number of ether oxygens (including phenoxy) is 1. The Kier molecular flexibility index (Phi) is 3.90. The molecule has 1 aliphatic heterocycles. The zero-order chi connectivity index (χ0) is 16.5. The number of hydrogen-bond donors (Lipinski definition) is 0. The summed E-state index contributed by atoms with van der Waals surface area (Å²) in [6.07, 6.45) is 7.47. The molecule has 3 aromatic rings. The molecular weight excluding hydrogens is 322 g/mol. The van der Waals surface area contributed by atoms with E-state index in [0.29, 0.717) is 11.5 Å². The number of fused-ring (bicyclic) bond motifs is 3. The van der Waals surface area contributed by atoms with Crippen LogP contribution in [-0.2, 0) is 17.7 Å². The maximum atomic E-state index is 12.1. The van der Waals surface area contributed by atoms with Gasteiger partial charge in [-0.1, -0.05) is 6.07 Å². The zero-order valence-electron chi connectivity index (χ0n) is 13.4. The SMILES string of the molecule is CCOC(=O)c1cc2c(s1)CCCn1ncc(-c3cccnc3)c1-2. The van der Waals surface area contributed by atoms with Crippen LogP contribution in [-0.4, -0.2) is 27.3 Å². The van der Waals surface area contributed by atoms with Crippen LogP contribution < -0.4 is 0 Å². The first kappa shape index (κ1) is 15.1. The van der Waals surface area contributed by atoms with Crippen molar-refractivity contribution in [3.8, 4) is 22.4 Å². The third-order valence-corrected chi connectivity index (χ3v) is 5.30.